The van der Waals surface area contributed by atoms with Crippen molar-refractivity contribution in [3.8, 4) is 11.5 Å². The maximum atomic E-state index is 13.0. The second-order valence-electron chi connectivity index (χ2n) is 6.65. The highest BCUT2D eigenvalue weighted by Crippen LogP contribution is 2.35. The summed E-state index contributed by atoms with van der Waals surface area (Å²) in [4.78, 5) is 19.7. The number of carbonyl (C=O) groups is 1. The maximum Gasteiger partial charge on any atom is 0.257 e. The molecule has 0 N–H and O–H groups in total. The lowest BCUT2D eigenvalue weighted by Gasteiger charge is -2.31. The lowest BCUT2D eigenvalue weighted by molar-refractivity contribution is 0.0709. The number of nitrogens with zero attached hydrogens (tertiary/aromatic N) is 2. The molecule has 0 bridgehead atoms. The van der Waals surface area contributed by atoms with Crippen LogP contribution in [0.2, 0.25) is 0 Å². The summed E-state index contributed by atoms with van der Waals surface area (Å²) in [6, 6.07) is 13.6. The predicted molar refractivity (Wildman–Crippen MR) is 107 cm³/mol. The van der Waals surface area contributed by atoms with Gasteiger partial charge in [-0.25, -0.2) is 4.98 Å². The highest BCUT2D eigenvalue weighted by atomic mass is 32.1. The Kier molecular flexibility index (Phi) is 4.99. The maximum absolute atomic E-state index is 13.0. The average molecular weight is 382 g/mol. The van der Waals surface area contributed by atoms with E-state index in [1.165, 1.54) is 9.71 Å². The van der Waals surface area contributed by atoms with Gasteiger partial charge in [0, 0.05) is 25.1 Å². The zero-order valence-electron chi connectivity index (χ0n) is 15.5. The number of hydrogen-bond acceptors (Lipinski definition) is 5. The predicted octanol–water partition coefficient (Wildman–Crippen LogP) is 4.33. The molecule has 6 heteroatoms. The molecule has 1 aliphatic heterocycles. The van der Waals surface area contributed by atoms with Gasteiger partial charge in [0.05, 0.1) is 35.0 Å². The van der Waals surface area contributed by atoms with Gasteiger partial charge in [0.2, 0.25) is 0 Å². The van der Waals surface area contributed by atoms with Gasteiger partial charge in [0.15, 0.2) is 0 Å². The lowest BCUT2D eigenvalue weighted by Crippen LogP contribution is -2.38. The highest BCUT2D eigenvalue weighted by Gasteiger charge is 2.28. The van der Waals surface area contributed by atoms with Crippen molar-refractivity contribution in [2.75, 3.05) is 27.3 Å². The van der Waals surface area contributed by atoms with E-state index < -0.39 is 0 Å². The first-order valence-electron chi connectivity index (χ1n) is 9.06. The van der Waals surface area contributed by atoms with E-state index in [0.29, 0.717) is 23.0 Å². The highest BCUT2D eigenvalue weighted by molar-refractivity contribution is 7.18. The Bertz CT molecular complexity index is 928. The smallest absolute Gasteiger partial charge is 0.257 e. The van der Waals surface area contributed by atoms with Crippen LogP contribution in [0.4, 0.5) is 0 Å². The summed E-state index contributed by atoms with van der Waals surface area (Å²) < 4.78 is 11.8. The van der Waals surface area contributed by atoms with Crippen molar-refractivity contribution in [2.24, 2.45) is 0 Å². The molecule has 0 radical (unpaired) electrons. The van der Waals surface area contributed by atoms with E-state index in [1.54, 1.807) is 43.8 Å². The van der Waals surface area contributed by atoms with E-state index in [4.69, 9.17) is 14.5 Å². The van der Waals surface area contributed by atoms with Crippen LogP contribution < -0.4 is 9.47 Å². The minimum absolute atomic E-state index is 0.0113. The molecule has 1 amide bonds. The van der Waals surface area contributed by atoms with Gasteiger partial charge in [-0.2, -0.15) is 0 Å². The second-order valence-corrected chi connectivity index (χ2v) is 7.71. The molecule has 5 nitrogen and oxygen atoms in total. The van der Waals surface area contributed by atoms with Gasteiger partial charge in [0.1, 0.15) is 11.5 Å². The molecule has 3 aromatic rings. The fourth-order valence-corrected chi connectivity index (χ4v) is 4.68. The van der Waals surface area contributed by atoms with E-state index in [0.717, 1.165) is 31.4 Å². The van der Waals surface area contributed by atoms with Crippen LogP contribution in [0.3, 0.4) is 0 Å². The molecule has 0 unspecified atom stereocenters. The van der Waals surface area contributed by atoms with E-state index >= 15 is 0 Å². The minimum atomic E-state index is 0.0113. The number of benzene rings is 2. The number of aromatic nitrogens is 1. The molecule has 1 aromatic heterocycles. The monoisotopic (exact) mass is 382 g/mol. The molecule has 1 saturated heterocycles. The summed E-state index contributed by atoms with van der Waals surface area (Å²) >= 11 is 1.77. The van der Waals surface area contributed by atoms with Crippen LogP contribution in [0.15, 0.2) is 42.5 Å². The molecule has 2 heterocycles. The number of likely N-dealkylation sites (tertiary alicyclic amines) is 1. The zero-order chi connectivity index (χ0) is 18.8. The zero-order valence-corrected chi connectivity index (χ0v) is 16.3. The Balaban J connectivity index is 1.46. The molecule has 0 aliphatic carbocycles. The molecule has 2 aromatic carbocycles. The van der Waals surface area contributed by atoms with Gasteiger partial charge >= 0.3 is 0 Å². The Hall–Kier alpha value is -2.60. The van der Waals surface area contributed by atoms with Crippen molar-refractivity contribution in [3.63, 3.8) is 0 Å². The van der Waals surface area contributed by atoms with E-state index in [2.05, 4.69) is 12.1 Å². The van der Waals surface area contributed by atoms with Crippen LogP contribution in [0.1, 0.15) is 34.1 Å². The summed E-state index contributed by atoms with van der Waals surface area (Å²) in [5.74, 6) is 1.66. The number of rotatable bonds is 4. The molecule has 1 fully saturated rings. The van der Waals surface area contributed by atoms with Crippen molar-refractivity contribution >= 4 is 27.5 Å². The van der Waals surface area contributed by atoms with Crippen LogP contribution >= 0.6 is 11.3 Å². The topological polar surface area (TPSA) is 51.7 Å². The van der Waals surface area contributed by atoms with E-state index in [9.17, 15) is 4.79 Å². The standard InChI is InChI=1S/C21H22N2O3S/c1-25-15-7-8-16(18(13-15)26-2)21(24)23-11-9-14(10-12-23)20-22-17-5-3-4-6-19(17)27-20/h3-8,13-14H,9-12H2,1-2H3. The Morgan fingerprint density at radius 1 is 1.11 bits per heavy atom. The summed E-state index contributed by atoms with van der Waals surface area (Å²) in [6.45, 7) is 1.46. The van der Waals surface area contributed by atoms with Crippen LogP contribution in [0.5, 0.6) is 11.5 Å². The van der Waals surface area contributed by atoms with Gasteiger partial charge < -0.3 is 14.4 Å². The quantitative estimate of drug-likeness (QED) is 0.674. The largest absolute Gasteiger partial charge is 0.497 e. The van der Waals surface area contributed by atoms with Crippen molar-refractivity contribution in [1.29, 1.82) is 0 Å². The van der Waals surface area contributed by atoms with Crippen molar-refractivity contribution in [1.82, 2.24) is 9.88 Å². The lowest BCUT2D eigenvalue weighted by atomic mass is 9.97. The molecule has 1 aliphatic rings. The fourth-order valence-electron chi connectivity index (χ4n) is 3.54. The number of hydrogen-bond donors (Lipinski definition) is 0. The molecule has 27 heavy (non-hydrogen) atoms. The molecule has 0 atom stereocenters. The Labute approximate surface area is 162 Å². The molecule has 4 rings (SSSR count). The number of methoxy groups -OCH3 is 2. The normalized spacial score (nSPS) is 15.1. The van der Waals surface area contributed by atoms with Crippen LogP contribution in [0, 0.1) is 0 Å². The van der Waals surface area contributed by atoms with Crippen molar-refractivity contribution in [2.45, 2.75) is 18.8 Å². The number of amides is 1. The number of para-hydroxylation sites is 1. The fraction of sp³-hybridized carbons (Fsp3) is 0.333. The van der Waals surface area contributed by atoms with Crippen LogP contribution in [-0.4, -0.2) is 43.1 Å². The van der Waals surface area contributed by atoms with Crippen molar-refractivity contribution < 1.29 is 14.3 Å². The van der Waals surface area contributed by atoms with Crippen LogP contribution in [-0.2, 0) is 0 Å². The minimum Gasteiger partial charge on any atom is -0.497 e. The first-order chi connectivity index (χ1) is 13.2. The van der Waals surface area contributed by atoms with Crippen molar-refractivity contribution in [3.05, 3.63) is 53.0 Å². The second kappa shape index (κ2) is 7.56. The molecule has 0 spiro atoms. The third kappa shape index (κ3) is 3.49. The van der Waals surface area contributed by atoms with Crippen LogP contribution in [0.25, 0.3) is 10.2 Å². The average Bonchev–Trinajstić information content (AvgIpc) is 3.17. The van der Waals surface area contributed by atoms with Gasteiger partial charge in [-0.15, -0.1) is 11.3 Å². The van der Waals surface area contributed by atoms with E-state index in [1.807, 2.05) is 17.0 Å². The molecular formula is C21H22N2O3S. The molecule has 140 valence electrons. The molecular weight excluding hydrogens is 360 g/mol. The third-order valence-corrected chi connectivity index (χ3v) is 6.28. The van der Waals surface area contributed by atoms with Gasteiger partial charge in [-0.05, 0) is 37.1 Å². The van der Waals surface area contributed by atoms with Gasteiger partial charge in [-0.1, -0.05) is 12.1 Å². The Morgan fingerprint density at radius 3 is 2.59 bits per heavy atom. The summed E-state index contributed by atoms with van der Waals surface area (Å²) in [6.07, 6.45) is 1.87. The Morgan fingerprint density at radius 2 is 1.89 bits per heavy atom. The summed E-state index contributed by atoms with van der Waals surface area (Å²) in [5.41, 5.74) is 1.65. The van der Waals surface area contributed by atoms with Gasteiger partial charge in [-0.3, -0.25) is 4.79 Å². The molecule has 0 saturated carbocycles. The number of carbonyl (C=O) groups excluding carboxylic acids is 1. The first-order valence-corrected chi connectivity index (χ1v) is 9.88. The summed E-state index contributed by atoms with van der Waals surface area (Å²) in [7, 11) is 3.17. The third-order valence-electron chi connectivity index (χ3n) is 5.08. The van der Waals surface area contributed by atoms with Gasteiger partial charge in [0.25, 0.3) is 5.91 Å². The number of fused-ring (bicyclic) bond motifs is 1. The van der Waals surface area contributed by atoms with E-state index in [-0.39, 0.29) is 5.91 Å². The number of ether oxygens (including phenoxy) is 2. The number of thiazole rings is 1. The first kappa shape index (κ1) is 17.8. The number of piperidine rings is 1. The SMILES string of the molecule is COc1ccc(C(=O)N2CCC(c3nc4ccccc4s3)CC2)c(OC)c1. The summed E-state index contributed by atoms with van der Waals surface area (Å²) in [5, 5.41) is 1.19.